The van der Waals surface area contributed by atoms with E-state index in [1.54, 1.807) is 18.2 Å². The molecule has 1 amide bonds. The predicted molar refractivity (Wildman–Crippen MR) is 99.2 cm³/mol. The number of benzene rings is 2. The number of nitrogens with zero attached hydrogens (tertiary/aromatic N) is 2. The Morgan fingerprint density at radius 3 is 2.52 bits per heavy atom. The number of carbonyl (C=O) groups excluding carboxylic acids is 1. The molecule has 0 aliphatic carbocycles. The van der Waals surface area contributed by atoms with Crippen molar-refractivity contribution in [1.82, 2.24) is 15.5 Å². The molecule has 0 bridgehead atoms. The van der Waals surface area contributed by atoms with Gasteiger partial charge in [0, 0.05) is 23.3 Å². The fraction of sp³-hybridized carbons (Fsp3) is 0.167. The molecule has 27 heavy (non-hydrogen) atoms. The van der Waals surface area contributed by atoms with Gasteiger partial charge >= 0.3 is 5.22 Å². The highest BCUT2D eigenvalue weighted by Crippen LogP contribution is 2.20. The second-order valence-electron chi connectivity index (χ2n) is 5.90. The van der Waals surface area contributed by atoms with Crippen molar-refractivity contribution in [3.05, 3.63) is 76.6 Å². The molecule has 2 aromatic carbocycles. The summed E-state index contributed by atoms with van der Waals surface area (Å²) in [5.74, 6) is -0.382. The lowest BCUT2D eigenvalue weighted by Gasteiger charge is -2.15. The number of rotatable bonds is 6. The Morgan fingerprint density at radius 1 is 1.15 bits per heavy atom. The fourth-order valence-corrected chi connectivity index (χ4v) is 3.05. The first-order valence-corrected chi connectivity index (χ1v) is 10.2. The van der Waals surface area contributed by atoms with E-state index >= 15 is 0 Å². The van der Waals surface area contributed by atoms with Crippen LogP contribution in [0.25, 0.3) is 0 Å². The van der Waals surface area contributed by atoms with Crippen LogP contribution in [0.3, 0.4) is 0 Å². The molecular formula is C18H16ClN3O4S. The minimum Gasteiger partial charge on any atom is -0.410 e. The van der Waals surface area contributed by atoms with Gasteiger partial charge in [-0.05, 0) is 23.8 Å². The third kappa shape index (κ3) is 4.93. The van der Waals surface area contributed by atoms with Gasteiger partial charge in [0.1, 0.15) is 6.04 Å². The number of amides is 1. The second kappa shape index (κ2) is 7.89. The summed E-state index contributed by atoms with van der Waals surface area (Å²) < 4.78 is 28.5. The van der Waals surface area contributed by atoms with Gasteiger partial charge in [-0.3, -0.25) is 4.79 Å². The van der Waals surface area contributed by atoms with Gasteiger partial charge in [-0.2, -0.15) is 0 Å². The lowest BCUT2D eigenvalue weighted by molar-refractivity contribution is 0.0929. The summed E-state index contributed by atoms with van der Waals surface area (Å²) in [7, 11) is -3.65. The second-order valence-corrected chi connectivity index (χ2v) is 8.23. The zero-order valence-electron chi connectivity index (χ0n) is 14.3. The van der Waals surface area contributed by atoms with Crippen LogP contribution in [0.15, 0.2) is 64.2 Å². The third-order valence-electron chi connectivity index (χ3n) is 3.71. The van der Waals surface area contributed by atoms with Gasteiger partial charge in [-0.15, -0.1) is 5.10 Å². The Bertz CT molecular complexity index is 1050. The first-order valence-electron chi connectivity index (χ1n) is 7.97. The van der Waals surface area contributed by atoms with E-state index < -0.39 is 27.0 Å². The van der Waals surface area contributed by atoms with Gasteiger partial charge in [0.15, 0.2) is 0 Å². The van der Waals surface area contributed by atoms with E-state index in [0.29, 0.717) is 17.0 Å². The third-order valence-corrected chi connectivity index (χ3v) is 4.75. The summed E-state index contributed by atoms with van der Waals surface area (Å²) in [6.45, 7) is 0. The summed E-state index contributed by atoms with van der Waals surface area (Å²) in [5.41, 5.74) is 1.27. The molecule has 0 aliphatic rings. The van der Waals surface area contributed by atoms with Crippen LogP contribution in [0.1, 0.15) is 27.9 Å². The van der Waals surface area contributed by atoms with Crippen LogP contribution in [-0.4, -0.2) is 30.8 Å². The number of nitrogens with one attached hydrogen (secondary N) is 1. The molecule has 0 radical (unpaired) electrons. The Morgan fingerprint density at radius 2 is 1.89 bits per heavy atom. The average Bonchev–Trinajstić information content (AvgIpc) is 3.12. The molecule has 0 saturated carbocycles. The van der Waals surface area contributed by atoms with Gasteiger partial charge < -0.3 is 9.73 Å². The van der Waals surface area contributed by atoms with Crippen LogP contribution < -0.4 is 5.32 Å². The van der Waals surface area contributed by atoms with E-state index in [2.05, 4.69) is 15.5 Å². The number of sulfone groups is 1. The molecule has 3 rings (SSSR count). The molecule has 140 valence electrons. The lowest BCUT2D eigenvalue weighted by atomic mass is 10.1. The van der Waals surface area contributed by atoms with Crippen molar-refractivity contribution in [2.24, 2.45) is 0 Å². The highest BCUT2D eigenvalue weighted by Gasteiger charge is 2.25. The van der Waals surface area contributed by atoms with Crippen molar-refractivity contribution in [1.29, 1.82) is 0 Å². The average molecular weight is 406 g/mol. The first-order chi connectivity index (χ1) is 12.8. The maximum absolute atomic E-state index is 12.6. The van der Waals surface area contributed by atoms with Crippen LogP contribution >= 0.6 is 11.6 Å². The van der Waals surface area contributed by atoms with Gasteiger partial charge in [-0.1, -0.05) is 53.1 Å². The monoisotopic (exact) mass is 405 g/mol. The number of halogens is 1. The molecule has 0 saturated heterocycles. The summed E-state index contributed by atoms with van der Waals surface area (Å²) in [6, 6.07) is 15.1. The van der Waals surface area contributed by atoms with Crippen molar-refractivity contribution in [3.8, 4) is 0 Å². The van der Waals surface area contributed by atoms with E-state index in [4.69, 9.17) is 16.0 Å². The van der Waals surface area contributed by atoms with Crippen LogP contribution in [0.2, 0.25) is 5.02 Å². The van der Waals surface area contributed by atoms with Crippen molar-refractivity contribution >= 4 is 27.3 Å². The molecule has 0 fully saturated rings. The number of aromatic nitrogens is 2. The maximum atomic E-state index is 12.6. The Hall–Kier alpha value is -2.71. The van der Waals surface area contributed by atoms with Crippen molar-refractivity contribution in [2.75, 3.05) is 6.26 Å². The molecule has 9 heteroatoms. The van der Waals surface area contributed by atoms with E-state index in [-0.39, 0.29) is 5.89 Å². The number of hydrogen-bond acceptors (Lipinski definition) is 6. The Kier molecular flexibility index (Phi) is 5.57. The zero-order chi connectivity index (χ0) is 19.4. The summed E-state index contributed by atoms with van der Waals surface area (Å²) in [6.07, 6.45) is 1.32. The Balaban J connectivity index is 1.90. The SMILES string of the molecule is CS(=O)(=O)c1nnc([C@H](Cc2ccccc2)NC(=O)c2cccc(Cl)c2)o1. The minimum atomic E-state index is -3.65. The summed E-state index contributed by atoms with van der Waals surface area (Å²) in [4.78, 5) is 12.6. The van der Waals surface area contributed by atoms with Crippen LogP contribution in [0.4, 0.5) is 0 Å². The molecule has 1 heterocycles. The normalized spacial score (nSPS) is 12.5. The predicted octanol–water partition coefficient (Wildman–Crippen LogP) is 2.84. The van der Waals surface area contributed by atoms with Gasteiger partial charge in [0.2, 0.25) is 15.7 Å². The van der Waals surface area contributed by atoms with E-state index in [1.165, 1.54) is 6.07 Å². The summed E-state index contributed by atoms with van der Waals surface area (Å²) >= 11 is 5.94. The molecule has 7 nitrogen and oxygen atoms in total. The van der Waals surface area contributed by atoms with Crippen molar-refractivity contribution in [3.63, 3.8) is 0 Å². The molecule has 1 N–H and O–H groups in total. The molecule has 1 aromatic heterocycles. The van der Waals surface area contributed by atoms with Crippen LogP contribution in [0.5, 0.6) is 0 Å². The van der Waals surface area contributed by atoms with Gasteiger partial charge in [0.25, 0.3) is 5.91 Å². The topological polar surface area (TPSA) is 102 Å². The molecule has 0 aliphatic heterocycles. The van der Waals surface area contributed by atoms with Gasteiger partial charge in [0.05, 0.1) is 0 Å². The molecule has 0 spiro atoms. The van der Waals surface area contributed by atoms with E-state index in [1.807, 2.05) is 30.3 Å². The largest absolute Gasteiger partial charge is 0.410 e. The van der Waals surface area contributed by atoms with Crippen LogP contribution in [-0.2, 0) is 16.3 Å². The molecule has 0 unspecified atom stereocenters. The maximum Gasteiger partial charge on any atom is 0.335 e. The van der Waals surface area contributed by atoms with Gasteiger partial charge in [-0.25, -0.2) is 8.42 Å². The minimum absolute atomic E-state index is 0.00894. The quantitative estimate of drug-likeness (QED) is 0.676. The first kappa shape index (κ1) is 19.1. The zero-order valence-corrected chi connectivity index (χ0v) is 15.9. The highest BCUT2D eigenvalue weighted by atomic mass is 35.5. The standard InChI is InChI=1S/C18H16ClN3O4S/c1-27(24,25)18-22-21-17(26-18)15(10-12-6-3-2-4-7-12)20-16(23)13-8-5-9-14(19)11-13/h2-9,11,15H,10H2,1H3,(H,20,23)/t15-/m0/s1. The fourth-order valence-electron chi connectivity index (χ4n) is 2.43. The number of carbonyl (C=O) groups is 1. The van der Waals surface area contributed by atoms with Crippen molar-refractivity contribution in [2.45, 2.75) is 17.7 Å². The lowest BCUT2D eigenvalue weighted by Crippen LogP contribution is -2.30. The van der Waals surface area contributed by atoms with Crippen LogP contribution in [0, 0.1) is 0 Å². The van der Waals surface area contributed by atoms with E-state index in [9.17, 15) is 13.2 Å². The van der Waals surface area contributed by atoms with Crippen molar-refractivity contribution < 1.29 is 17.6 Å². The molecular weight excluding hydrogens is 390 g/mol. The Labute approximate surface area is 161 Å². The molecule has 3 aromatic rings. The molecule has 1 atom stereocenters. The summed E-state index contributed by atoms with van der Waals surface area (Å²) in [5, 5.41) is 10.1. The number of hydrogen-bond donors (Lipinski definition) is 1. The smallest absolute Gasteiger partial charge is 0.335 e. The highest BCUT2D eigenvalue weighted by molar-refractivity contribution is 7.90. The van der Waals surface area contributed by atoms with E-state index in [0.717, 1.165) is 11.8 Å².